The summed E-state index contributed by atoms with van der Waals surface area (Å²) in [6.45, 7) is 5.85. The molecule has 1 amide bonds. The monoisotopic (exact) mass is 396 g/mol. The minimum Gasteiger partial charge on any atom is -0.443 e. The van der Waals surface area contributed by atoms with Gasteiger partial charge in [-0.15, -0.1) is 5.10 Å². The van der Waals surface area contributed by atoms with Gasteiger partial charge < -0.3 is 4.74 Å². The second-order valence-electron chi connectivity index (χ2n) is 7.71. The van der Waals surface area contributed by atoms with Gasteiger partial charge in [0.2, 0.25) is 0 Å². The Balaban J connectivity index is 1.76. The van der Waals surface area contributed by atoms with E-state index in [0.717, 1.165) is 12.8 Å². The first-order valence-corrected chi connectivity index (χ1v) is 9.54. The summed E-state index contributed by atoms with van der Waals surface area (Å²) >= 11 is 0. The third-order valence-corrected chi connectivity index (χ3v) is 4.14. The van der Waals surface area contributed by atoms with Gasteiger partial charge in [0, 0.05) is 12.1 Å². The molecule has 0 aliphatic carbocycles. The number of rotatable bonds is 6. The molecule has 1 heterocycles. The van der Waals surface area contributed by atoms with Crippen LogP contribution in [0.4, 0.5) is 15.1 Å². The lowest BCUT2D eigenvalue weighted by atomic mass is 10.1. The van der Waals surface area contributed by atoms with Gasteiger partial charge in [-0.1, -0.05) is 30.3 Å². The standard InChI is InChI=1S/C22H25FN4O2/c1-22(2,3)29-21(28)27(15-7-10-16-8-5-4-6-9-16)20-24-19(25-26-20)17-11-13-18(23)14-12-17/h4-6,8-9,11-14H,7,10,15H2,1-3H3,(H,24,25,26). The van der Waals surface area contributed by atoms with Gasteiger partial charge >= 0.3 is 6.09 Å². The Bertz CT molecular complexity index is 933. The molecule has 0 bridgehead atoms. The second kappa shape index (κ2) is 8.86. The summed E-state index contributed by atoms with van der Waals surface area (Å²) in [7, 11) is 0. The number of amides is 1. The summed E-state index contributed by atoms with van der Waals surface area (Å²) in [5.41, 5.74) is 1.24. The molecule has 0 aliphatic heterocycles. The van der Waals surface area contributed by atoms with E-state index in [1.807, 2.05) is 39.0 Å². The van der Waals surface area contributed by atoms with Crippen LogP contribution in [0.1, 0.15) is 32.8 Å². The predicted octanol–water partition coefficient (Wildman–Crippen LogP) is 4.99. The molecule has 29 heavy (non-hydrogen) atoms. The Hall–Kier alpha value is -3.22. The van der Waals surface area contributed by atoms with Crippen molar-refractivity contribution in [3.63, 3.8) is 0 Å². The molecule has 0 saturated carbocycles. The number of carbonyl (C=O) groups is 1. The number of hydrogen-bond donors (Lipinski definition) is 1. The molecule has 0 spiro atoms. The highest BCUT2D eigenvalue weighted by Crippen LogP contribution is 2.20. The molecular weight excluding hydrogens is 371 g/mol. The minimum absolute atomic E-state index is 0.228. The Morgan fingerprint density at radius 2 is 1.79 bits per heavy atom. The van der Waals surface area contributed by atoms with Crippen LogP contribution in [-0.2, 0) is 11.2 Å². The number of aryl methyl sites for hydroxylation is 1. The summed E-state index contributed by atoms with van der Waals surface area (Å²) in [5, 5.41) is 7.00. The average molecular weight is 396 g/mol. The van der Waals surface area contributed by atoms with E-state index in [4.69, 9.17) is 4.74 Å². The number of anilines is 1. The molecule has 0 aliphatic rings. The lowest BCUT2D eigenvalue weighted by molar-refractivity contribution is 0.0577. The third kappa shape index (κ3) is 5.88. The van der Waals surface area contributed by atoms with E-state index in [1.165, 1.54) is 22.6 Å². The number of ether oxygens (including phenoxy) is 1. The van der Waals surface area contributed by atoms with Crippen LogP contribution in [0, 0.1) is 5.82 Å². The van der Waals surface area contributed by atoms with E-state index in [-0.39, 0.29) is 11.8 Å². The van der Waals surface area contributed by atoms with E-state index < -0.39 is 11.7 Å². The molecule has 0 saturated heterocycles. The highest BCUT2D eigenvalue weighted by molar-refractivity contribution is 5.85. The number of aromatic amines is 1. The minimum atomic E-state index is -0.634. The largest absolute Gasteiger partial charge is 0.443 e. The first-order chi connectivity index (χ1) is 13.8. The van der Waals surface area contributed by atoms with Gasteiger partial charge in [-0.2, -0.15) is 4.98 Å². The topological polar surface area (TPSA) is 71.1 Å². The smallest absolute Gasteiger partial charge is 0.417 e. The molecular formula is C22H25FN4O2. The van der Waals surface area contributed by atoms with E-state index in [0.29, 0.717) is 17.9 Å². The van der Waals surface area contributed by atoms with Crippen LogP contribution in [-0.4, -0.2) is 33.4 Å². The highest BCUT2D eigenvalue weighted by Gasteiger charge is 2.26. The summed E-state index contributed by atoms with van der Waals surface area (Å²) in [6.07, 6.45) is 1.04. The van der Waals surface area contributed by atoms with E-state index in [9.17, 15) is 9.18 Å². The van der Waals surface area contributed by atoms with Crippen molar-refractivity contribution in [3.05, 3.63) is 66.0 Å². The summed E-state index contributed by atoms with van der Waals surface area (Å²) in [4.78, 5) is 18.6. The van der Waals surface area contributed by atoms with Crippen molar-refractivity contribution < 1.29 is 13.9 Å². The molecule has 7 heteroatoms. The first kappa shape index (κ1) is 20.5. The molecule has 0 radical (unpaired) electrons. The van der Waals surface area contributed by atoms with Gasteiger partial charge in [0.15, 0.2) is 5.82 Å². The zero-order valence-electron chi connectivity index (χ0n) is 16.9. The van der Waals surface area contributed by atoms with Crippen LogP contribution in [0.25, 0.3) is 11.4 Å². The normalized spacial score (nSPS) is 11.3. The summed E-state index contributed by atoms with van der Waals surface area (Å²) < 4.78 is 18.7. The Labute approximate surface area is 169 Å². The number of nitrogens with zero attached hydrogens (tertiary/aromatic N) is 3. The predicted molar refractivity (Wildman–Crippen MR) is 110 cm³/mol. The maximum Gasteiger partial charge on any atom is 0.417 e. The summed E-state index contributed by atoms with van der Waals surface area (Å²) in [5.74, 6) is 0.355. The maximum absolute atomic E-state index is 13.2. The van der Waals surface area contributed by atoms with Crippen LogP contribution in [0.3, 0.4) is 0 Å². The van der Waals surface area contributed by atoms with Crippen molar-refractivity contribution in [2.45, 2.75) is 39.2 Å². The first-order valence-electron chi connectivity index (χ1n) is 9.54. The zero-order chi connectivity index (χ0) is 20.9. The Morgan fingerprint density at radius 3 is 2.45 bits per heavy atom. The van der Waals surface area contributed by atoms with E-state index in [2.05, 4.69) is 27.3 Å². The Morgan fingerprint density at radius 1 is 1.10 bits per heavy atom. The summed E-state index contributed by atoms with van der Waals surface area (Å²) in [6, 6.07) is 16.0. The van der Waals surface area contributed by atoms with Gasteiger partial charge in [0.1, 0.15) is 11.4 Å². The number of carbonyl (C=O) groups excluding carboxylic acids is 1. The van der Waals surface area contributed by atoms with Crippen LogP contribution < -0.4 is 4.90 Å². The van der Waals surface area contributed by atoms with Crippen molar-refractivity contribution in [3.8, 4) is 11.4 Å². The molecule has 3 aromatic rings. The zero-order valence-corrected chi connectivity index (χ0v) is 16.9. The number of benzene rings is 2. The third-order valence-electron chi connectivity index (χ3n) is 4.14. The average Bonchev–Trinajstić information content (AvgIpc) is 3.15. The SMILES string of the molecule is CC(C)(C)OC(=O)N(CCCc1ccccc1)c1n[nH]c(-c2ccc(F)cc2)n1. The lowest BCUT2D eigenvalue weighted by Gasteiger charge is -2.25. The highest BCUT2D eigenvalue weighted by atomic mass is 19.1. The van der Waals surface area contributed by atoms with Crippen LogP contribution in [0.5, 0.6) is 0 Å². The fraction of sp³-hybridized carbons (Fsp3) is 0.318. The van der Waals surface area contributed by atoms with Crippen molar-refractivity contribution in [2.75, 3.05) is 11.4 Å². The number of aromatic nitrogens is 3. The van der Waals surface area contributed by atoms with Gasteiger partial charge in [0.05, 0.1) is 0 Å². The molecule has 0 fully saturated rings. The van der Waals surface area contributed by atoms with E-state index in [1.54, 1.807) is 12.1 Å². The molecule has 0 atom stereocenters. The van der Waals surface area contributed by atoms with Crippen molar-refractivity contribution >= 4 is 12.0 Å². The van der Waals surface area contributed by atoms with Crippen LogP contribution >= 0.6 is 0 Å². The van der Waals surface area contributed by atoms with Crippen molar-refractivity contribution in [1.82, 2.24) is 15.2 Å². The molecule has 1 N–H and O–H groups in total. The van der Waals surface area contributed by atoms with E-state index >= 15 is 0 Å². The fourth-order valence-electron chi connectivity index (χ4n) is 2.79. The molecule has 152 valence electrons. The number of H-pyrrole nitrogens is 1. The fourth-order valence-corrected chi connectivity index (χ4v) is 2.79. The van der Waals surface area contributed by atoms with Crippen LogP contribution in [0.15, 0.2) is 54.6 Å². The molecule has 2 aromatic carbocycles. The number of halogens is 1. The Kier molecular flexibility index (Phi) is 6.26. The van der Waals surface area contributed by atoms with Crippen molar-refractivity contribution in [1.29, 1.82) is 0 Å². The van der Waals surface area contributed by atoms with Gasteiger partial charge in [-0.05, 0) is 63.4 Å². The molecule has 3 rings (SSSR count). The quantitative estimate of drug-likeness (QED) is 0.637. The maximum atomic E-state index is 13.2. The van der Waals surface area contributed by atoms with Crippen LogP contribution in [0.2, 0.25) is 0 Å². The molecule has 1 aromatic heterocycles. The van der Waals surface area contributed by atoms with Gasteiger partial charge in [-0.25, -0.2) is 14.1 Å². The van der Waals surface area contributed by atoms with Crippen molar-refractivity contribution in [2.24, 2.45) is 0 Å². The number of hydrogen-bond acceptors (Lipinski definition) is 4. The second-order valence-corrected chi connectivity index (χ2v) is 7.71. The lowest BCUT2D eigenvalue weighted by Crippen LogP contribution is -2.38. The van der Waals surface area contributed by atoms with Gasteiger partial charge in [0.25, 0.3) is 5.95 Å². The number of nitrogens with one attached hydrogen (secondary N) is 1. The molecule has 0 unspecified atom stereocenters. The van der Waals surface area contributed by atoms with Gasteiger partial charge in [-0.3, -0.25) is 5.10 Å². The molecule has 6 nitrogen and oxygen atoms in total.